The van der Waals surface area contributed by atoms with Crippen LogP contribution in [0.2, 0.25) is 0 Å². The van der Waals surface area contributed by atoms with Crippen molar-refractivity contribution >= 4 is 5.91 Å². The molecule has 0 atom stereocenters. The summed E-state index contributed by atoms with van der Waals surface area (Å²) in [5.41, 5.74) is 1.77. The van der Waals surface area contributed by atoms with Gasteiger partial charge in [0, 0.05) is 25.0 Å². The van der Waals surface area contributed by atoms with Gasteiger partial charge in [0.2, 0.25) is 0 Å². The summed E-state index contributed by atoms with van der Waals surface area (Å²) in [6.07, 6.45) is 4.14. The molecule has 1 aromatic carbocycles. The summed E-state index contributed by atoms with van der Waals surface area (Å²) >= 11 is 0. The first kappa shape index (κ1) is 14.8. The Balaban J connectivity index is 1.62. The zero-order valence-corrected chi connectivity index (χ0v) is 12.3. The average Bonchev–Trinajstić information content (AvgIpc) is 3.06. The van der Waals surface area contributed by atoms with Crippen molar-refractivity contribution in [3.05, 3.63) is 66.1 Å². The quantitative estimate of drug-likeness (QED) is 0.755. The summed E-state index contributed by atoms with van der Waals surface area (Å²) in [7, 11) is 0. The number of hydrogen-bond donors (Lipinski definition) is 2. The van der Waals surface area contributed by atoms with Gasteiger partial charge < -0.3 is 14.9 Å². The van der Waals surface area contributed by atoms with Crippen LogP contribution in [0.4, 0.5) is 0 Å². The minimum absolute atomic E-state index is 0.0771. The predicted octanol–water partition coefficient (Wildman–Crippen LogP) is 2.41. The van der Waals surface area contributed by atoms with Crippen molar-refractivity contribution in [3.8, 4) is 17.1 Å². The number of nitrogens with zero attached hydrogens (tertiary/aromatic N) is 2. The lowest BCUT2D eigenvalue weighted by Crippen LogP contribution is -2.25. The molecule has 0 spiro atoms. The largest absolute Gasteiger partial charge is 0.507 e. The molecular formula is C17H15N3O3. The number of nitrogens with one attached hydrogen (secondary N) is 1. The van der Waals surface area contributed by atoms with Gasteiger partial charge in [-0.3, -0.25) is 9.78 Å². The molecule has 2 heterocycles. The molecule has 3 rings (SSSR count). The molecule has 6 heteroatoms. The fraction of sp³-hybridized carbons (Fsp3) is 0.118. The molecule has 2 N–H and O–H groups in total. The van der Waals surface area contributed by atoms with E-state index in [1.165, 1.54) is 6.07 Å². The van der Waals surface area contributed by atoms with Gasteiger partial charge in [0.25, 0.3) is 5.91 Å². The molecule has 0 bridgehead atoms. The Kier molecular flexibility index (Phi) is 4.33. The Morgan fingerprint density at radius 2 is 1.96 bits per heavy atom. The number of benzene rings is 1. The predicted molar refractivity (Wildman–Crippen MR) is 83.9 cm³/mol. The maximum atomic E-state index is 12.1. The average molecular weight is 309 g/mol. The SMILES string of the molecule is O=C(NCCc1ccncc1)c1cc(-c2ccccc2O)on1. The number of pyridine rings is 1. The van der Waals surface area contributed by atoms with Gasteiger partial charge in [-0.2, -0.15) is 0 Å². The third-order valence-electron chi connectivity index (χ3n) is 3.36. The van der Waals surface area contributed by atoms with Crippen molar-refractivity contribution in [1.29, 1.82) is 0 Å². The van der Waals surface area contributed by atoms with E-state index in [1.807, 2.05) is 12.1 Å². The summed E-state index contributed by atoms with van der Waals surface area (Å²) in [6, 6.07) is 12.0. The number of phenolic OH excluding ortho intramolecular Hbond substituents is 1. The molecule has 0 aliphatic rings. The van der Waals surface area contributed by atoms with Crippen molar-refractivity contribution in [2.24, 2.45) is 0 Å². The second kappa shape index (κ2) is 6.74. The molecule has 0 aliphatic heterocycles. The lowest BCUT2D eigenvalue weighted by atomic mass is 10.1. The number of phenols is 1. The third kappa shape index (κ3) is 3.55. The summed E-state index contributed by atoms with van der Waals surface area (Å²) in [5.74, 6) is 0.111. The van der Waals surface area contributed by atoms with E-state index in [-0.39, 0.29) is 17.4 Å². The number of carbonyl (C=O) groups excluding carboxylic acids is 1. The summed E-state index contributed by atoms with van der Waals surface area (Å²) in [6.45, 7) is 0.488. The highest BCUT2D eigenvalue weighted by Gasteiger charge is 2.15. The molecule has 23 heavy (non-hydrogen) atoms. The number of para-hydroxylation sites is 1. The van der Waals surface area contributed by atoms with Crippen molar-refractivity contribution in [2.75, 3.05) is 6.54 Å². The third-order valence-corrected chi connectivity index (χ3v) is 3.36. The Bertz CT molecular complexity index is 800. The van der Waals surface area contributed by atoms with Crippen LogP contribution in [0.5, 0.6) is 5.75 Å². The Morgan fingerprint density at radius 1 is 1.17 bits per heavy atom. The minimum Gasteiger partial charge on any atom is -0.507 e. The molecule has 1 amide bonds. The first-order valence-electron chi connectivity index (χ1n) is 7.16. The lowest BCUT2D eigenvalue weighted by Gasteiger charge is -2.02. The van der Waals surface area contributed by atoms with E-state index in [0.29, 0.717) is 24.3 Å². The molecule has 116 valence electrons. The van der Waals surface area contributed by atoms with Crippen LogP contribution in [0.15, 0.2) is 59.4 Å². The van der Waals surface area contributed by atoms with Gasteiger partial charge in [-0.1, -0.05) is 17.3 Å². The van der Waals surface area contributed by atoms with Crippen molar-refractivity contribution in [1.82, 2.24) is 15.5 Å². The number of aromatic hydroxyl groups is 1. The second-order valence-corrected chi connectivity index (χ2v) is 4.95. The Labute approximate surface area is 132 Å². The molecule has 3 aromatic rings. The standard InChI is InChI=1S/C17H15N3O3/c21-15-4-2-1-3-13(15)16-11-14(20-23-16)17(22)19-10-7-12-5-8-18-9-6-12/h1-6,8-9,11,21H,7,10H2,(H,19,22). The first-order chi connectivity index (χ1) is 11.2. The number of rotatable bonds is 5. The number of amides is 1. The number of hydrogen-bond acceptors (Lipinski definition) is 5. The highest BCUT2D eigenvalue weighted by molar-refractivity contribution is 5.93. The van der Waals surface area contributed by atoms with Gasteiger partial charge in [-0.05, 0) is 36.2 Å². The van der Waals surface area contributed by atoms with Crippen molar-refractivity contribution in [3.63, 3.8) is 0 Å². The Morgan fingerprint density at radius 3 is 2.74 bits per heavy atom. The topological polar surface area (TPSA) is 88.2 Å². The van der Waals surface area contributed by atoms with Gasteiger partial charge in [0.1, 0.15) is 5.75 Å². The fourth-order valence-corrected chi connectivity index (χ4v) is 2.15. The Hall–Kier alpha value is -3.15. The van der Waals surface area contributed by atoms with Crippen LogP contribution in [0.1, 0.15) is 16.1 Å². The van der Waals surface area contributed by atoms with Crippen molar-refractivity contribution in [2.45, 2.75) is 6.42 Å². The highest BCUT2D eigenvalue weighted by atomic mass is 16.5. The van der Waals surface area contributed by atoms with Crippen LogP contribution in [0.25, 0.3) is 11.3 Å². The zero-order valence-electron chi connectivity index (χ0n) is 12.3. The second-order valence-electron chi connectivity index (χ2n) is 4.95. The molecular weight excluding hydrogens is 294 g/mol. The van der Waals surface area contributed by atoms with Crippen LogP contribution in [0, 0.1) is 0 Å². The highest BCUT2D eigenvalue weighted by Crippen LogP contribution is 2.28. The molecule has 0 unspecified atom stereocenters. The van der Waals surface area contributed by atoms with Gasteiger partial charge in [-0.15, -0.1) is 0 Å². The van der Waals surface area contributed by atoms with E-state index < -0.39 is 0 Å². The smallest absolute Gasteiger partial charge is 0.273 e. The summed E-state index contributed by atoms with van der Waals surface area (Å²) in [4.78, 5) is 16.0. The fourth-order valence-electron chi connectivity index (χ4n) is 2.15. The van der Waals surface area contributed by atoms with E-state index >= 15 is 0 Å². The zero-order chi connectivity index (χ0) is 16.1. The van der Waals surface area contributed by atoms with Crippen LogP contribution in [-0.2, 0) is 6.42 Å². The molecule has 0 saturated heterocycles. The molecule has 0 fully saturated rings. The monoisotopic (exact) mass is 309 g/mol. The summed E-state index contributed by atoms with van der Waals surface area (Å²) < 4.78 is 5.14. The molecule has 6 nitrogen and oxygen atoms in total. The molecule has 0 aliphatic carbocycles. The van der Waals surface area contributed by atoms with E-state index in [1.54, 1.807) is 36.7 Å². The van der Waals surface area contributed by atoms with Crippen LogP contribution < -0.4 is 5.32 Å². The van der Waals surface area contributed by atoms with Gasteiger partial charge in [-0.25, -0.2) is 0 Å². The van der Waals surface area contributed by atoms with E-state index in [2.05, 4.69) is 15.5 Å². The maximum Gasteiger partial charge on any atom is 0.273 e. The van der Waals surface area contributed by atoms with Gasteiger partial charge in [0.15, 0.2) is 11.5 Å². The molecule has 0 saturated carbocycles. The lowest BCUT2D eigenvalue weighted by molar-refractivity contribution is 0.0945. The molecule has 2 aromatic heterocycles. The number of carbonyl (C=O) groups is 1. The minimum atomic E-state index is -0.315. The van der Waals surface area contributed by atoms with Gasteiger partial charge >= 0.3 is 0 Å². The van der Waals surface area contributed by atoms with Gasteiger partial charge in [0.05, 0.1) is 5.56 Å². The van der Waals surface area contributed by atoms with Crippen LogP contribution >= 0.6 is 0 Å². The van der Waals surface area contributed by atoms with E-state index in [0.717, 1.165) is 5.56 Å². The van der Waals surface area contributed by atoms with E-state index in [9.17, 15) is 9.90 Å². The first-order valence-corrected chi connectivity index (χ1v) is 7.16. The van der Waals surface area contributed by atoms with E-state index in [4.69, 9.17) is 4.52 Å². The van der Waals surface area contributed by atoms with Crippen LogP contribution in [-0.4, -0.2) is 27.7 Å². The van der Waals surface area contributed by atoms with Crippen LogP contribution in [0.3, 0.4) is 0 Å². The molecule has 0 radical (unpaired) electrons. The summed E-state index contributed by atoms with van der Waals surface area (Å²) in [5, 5.41) is 16.3. The normalized spacial score (nSPS) is 10.4. The maximum absolute atomic E-state index is 12.1. The number of aromatic nitrogens is 2. The van der Waals surface area contributed by atoms with Crippen molar-refractivity contribution < 1.29 is 14.4 Å².